The predicted molar refractivity (Wildman–Crippen MR) is 98.1 cm³/mol. The highest BCUT2D eigenvalue weighted by atomic mass is 16.5. The molecule has 1 fully saturated rings. The number of aromatic hydroxyl groups is 1. The molecular weight excluding hydrogens is 346 g/mol. The van der Waals surface area contributed by atoms with Crippen LogP contribution < -0.4 is 10.4 Å². The van der Waals surface area contributed by atoms with Crippen LogP contribution >= 0.6 is 0 Å². The highest BCUT2D eigenvalue weighted by Gasteiger charge is 2.55. The van der Waals surface area contributed by atoms with Gasteiger partial charge in [0.2, 0.25) is 5.43 Å². The Bertz CT molecular complexity index is 1020. The van der Waals surface area contributed by atoms with Gasteiger partial charge in [0.05, 0.1) is 12.7 Å². The summed E-state index contributed by atoms with van der Waals surface area (Å²) in [7, 11) is 1.72. The Morgan fingerprint density at radius 2 is 1.96 bits per heavy atom. The van der Waals surface area contributed by atoms with Crippen LogP contribution in [0, 0.1) is 0 Å². The van der Waals surface area contributed by atoms with Gasteiger partial charge >= 0.3 is 0 Å². The Hall–Kier alpha value is -2.80. The van der Waals surface area contributed by atoms with Gasteiger partial charge < -0.3 is 14.7 Å². The van der Waals surface area contributed by atoms with E-state index in [2.05, 4.69) is 24.1 Å². The molecule has 7 heteroatoms. The fraction of sp³-hybridized carbons (Fsp3) is 0.400. The van der Waals surface area contributed by atoms with Gasteiger partial charge in [-0.3, -0.25) is 19.3 Å². The number of carbonyl (C=O) groups excluding carboxylic acids is 1. The smallest absolute Gasteiger partial charge is 0.277 e. The Kier molecular flexibility index (Phi) is 3.25. The molecule has 4 heterocycles. The maximum absolute atomic E-state index is 12.9. The van der Waals surface area contributed by atoms with Crippen LogP contribution in [-0.4, -0.2) is 39.9 Å². The van der Waals surface area contributed by atoms with Crippen LogP contribution in [0.15, 0.2) is 41.3 Å². The number of pyridine rings is 1. The van der Waals surface area contributed by atoms with Crippen LogP contribution in [-0.2, 0) is 16.9 Å². The largest absolute Gasteiger partial charge is 0.502 e. The van der Waals surface area contributed by atoms with Crippen molar-refractivity contribution in [2.45, 2.75) is 44.2 Å². The van der Waals surface area contributed by atoms with Gasteiger partial charge in [0.1, 0.15) is 11.7 Å². The number of hydrogen-bond donors (Lipinski definition) is 1. The topological polar surface area (TPSA) is 75.0 Å². The van der Waals surface area contributed by atoms with Gasteiger partial charge in [-0.1, -0.05) is 24.3 Å². The Balaban J connectivity index is 1.81. The average molecular weight is 367 g/mol. The molecule has 0 saturated carbocycles. The molecule has 1 saturated heterocycles. The van der Waals surface area contributed by atoms with E-state index >= 15 is 0 Å². The zero-order valence-corrected chi connectivity index (χ0v) is 15.3. The lowest BCUT2D eigenvalue weighted by Crippen LogP contribution is -2.72. The number of carbonyl (C=O) groups is 1. The number of fused-ring (bicyclic) bond motifs is 7. The van der Waals surface area contributed by atoms with Gasteiger partial charge in [-0.15, -0.1) is 0 Å². The summed E-state index contributed by atoms with van der Waals surface area (Å²) in [6, 6.07) is 9.47. The van der Waals surface area contributed by atoms with E-state index in [4.69, 9.17) is 4.74 Å². The molecule has 0 bridgehead atoms. The van der Waals surface area contributed by atoms with Crippen molar-refractivity contribution in [3.63, 3.8) is 0 Å². The molecule has 2 aromatic rings. The first-order valence-corrected chi connectivity index (χ1v) is 9.16. The van der Waals surface area contributed by atoms with Gasteiger partial charge in [-0.05, 0) is 30.9 Å². The van der Waals surface area contributed by atoms with Crippen molar-refractivity contribution in [2.24, 2.45) is 0 Å². The zero-order valence-electron chi connectivity index (χ0n) is 15.3. The third kappa shape index (κ3) is 1.95. The summed E-state index contributed by atoms with van der Waals surface area (Å²) in [4.78, 5) is 26.5. The Morgan fingerprint density at radius 1 is 1.19 bits per heavy atom. The Morgan fingerprint density at radius 3 is 2.78 bits per heavy atom. The van der Waals surface area contributed by atoms with E-state index in [1.807, 2.05) is 12.1 Å². The van der Waals surface area contributed by atoms with E-state index in [0.29, 0.717) is 6.61 Å². The van der Waals surface area contributed by atoms with Crippen molar-refractivity contribution in [1.29, 1.82) is 0 Å². The second-order valence-corrected chi connectivity index (χ2v) is 7.64. The highest BCUT2D eigenvalue weighted by molar-refractivity contribution is 5.96. The van der Waals surface area contributed by atoms with Gasteiger partial charge in [0, 0.05) is 19.3 Å². The summed E-state index contributed by atoms with van der Waals surface area (Å²) in [5.74, 6) is -0.859. The molecule has 1 aromatic carbocycles. The molecule has 1 aromatic heterocycles. The summed E-state index contributed by atoms with van der Waals surface area (Å²) < 4.78 is 7.86. The van der Waals surface area contributed by atoms with Crippen LogP contribution in [0.25, 0.3) is 0 Å². The minimum atomic E-state index is -0.555. The van der Waals surface area contributed by atoms with Gasteiger partial charge in [0.25, 0.3) is 5.91 Å². The van der Waals surface area contributed by atoms with Crippen molar-refractivity contribution in [3.05, 3.63) is 63.6 Å². The number of ether oxygens (including phenoxy) is 1. The number of nitrogens with zero attached hydrogens (tertiary/aromatic N) is 3. The maximum atomic E-state index is 12.9. The second-order valence-electron chi connectivity index (χ2n) is 7.64. The SMILES string of the molecule is CN1C(=O)c2c(O)c(=O)ccn2N2C1CC[C@H]1OCc3ccccc3[C@]12C. The van der Waals surface area contributed by atoms with Crippen molar-refractivity contribution in [2.75, 3.05) is 12.1 Å². The molecule has 1 amide bonds. The molecule has 3 atom stereocenters. The minimum Gasteiger partial charge on any atom is -0.502 e. The number of rotatable bonds is 0. The lowest BCUT2D eigenvalue weighted by Gasteiger charge is -2.60. The van der Waals surface area contributed by atoms with Gasteiger partial charge in [0.15, 0.2) is 11.4 Å². The molecule has 27 heavy (non-hydrogen) atoms. The number of aromatic nitrogens is 1. The molecule has 3 aliphatic rings. The number of amides is 1. The molecule has 1 unspecified atom stereocenters. The third-order valence-electron chi connectivity index (χ3n) is 6.33. The van der Waals surface area contributed by atoms with Crippen LogP contribution in [0.1, 0.15) is 41.4 Å². The maximum Gasteiger partial charge on any atom is 0.277 e. The summed E-state index contributed by atoms with van der Waals surface area (Å²) in [5, 5.41) is 12.5. The first-order chi connectivity index (χ1) is 12.9. The predicted octanol–water partition coefficient (Wildman–Crippen LogP) is 1.51. The molecule has 1 N–H and O–H groups in total. The molecule has 140 valence electrons. The quantitative estimate of drug-likeness (QED) is 0.764. The zero-order chi connectivity index (χ0) is 18.9. The Labute approximate surface area is 156 Å². The second kappa shape index (κ2) is 5.36. The van der Waals surface area contributed by atoms with Crippen molar-refractivity contribution in [1.82, 2.24) is 9.58 Å². The van der Waals surface area contributed by atoms with Crippen LogP contribution in [0.5, 0.6) is 5.75 Å². The number of piperidine rings is 1. The lowest BCUT2D eigenvalue weighted by molar-refractivity contribution is -0.0760. The first kappa shape index (κ1) is 16.4. The average Bonchev–Trinajstić information content (AvgIpc) is 2.67. The van der Waals surface area contributed by atoms with E-state index in [1.165, 1.54) is 6.07 Å². The van der Waals surface area contributed by atoms with Crippen molar-refractivity contribution in [3.8, 4) is 5.75 Å². The molecule has 3 aliphatic heterocycles. The molecular formula is C20H21N3O4. The first-order valence-electron chi connectivity index (χ1n) is 9.16. The van der Waals surface area contributed by atoms with Gasteiger partial charge in [-0.2, -0.15) is 0 Å². The molecule has 0 radical (unpaired) electrons. The molecule has 0 spiro atoms. The molecule has 5 rings (SSSR count). The van der Waals surface area contributed by atoms with Crippen LogP contribution in [0.3, 0.4) is 0 Å². The van der Waals surface area contributed by atoms with Crippen LogP contribution in [0.4, 0.5) is 0 Å². The van der Waals surface area contributed by atoms with Crippen molar-refractivity contribution >= 4 is 5.91 Å². The van der Waals surface area contributed by atoms with Gasteiger partial charge in [-0.25, -0.2) is 0 Å². The summed E-state index contributed by atoms with van der Waals surface area (Å²) in [6.07, 6.45) is 2.91. The number of hydrogen-bond acceptors (Lipinski definition) is 5. The lowest BCUT2D eigenvalue weighted by atomic mass is 9.75. The van der Waals surface area contributed by atoms with Crippen LogP contribution in [0.2, 0.25) is 0 Å². The normalized spacial score (nSPS) is 28.9. The fourth-order valence-corrected chi connectivity index (χ4v) is 4.96. The van der Waals surface area contributed by atoms with E-state index < -0.39 is 16.7 Å². The summed E-state index contributed by atoms with van der Waals surface area (Å²) in [6.45, 7) is 2.68. The highest BCUT2D eigenvalue weighted by Crippen LogP contribution is 2.47. The molecule has 7 nitrogen and oxygen atoms in total. The van der Waals surface area contributed by atoms with E-state index in [1.54, 1.807) is 22.8 Å². The van der Waals surface area contributed by atoms with Crippen molar-refractivity contribution < 1.29 is 14.6 Å². The summed E-state index contributed by atoms with van der Waals surface area (Å²) >= 11 is 0. The molecule has 0 aliphatic carbocycles. The monoisotopic (exact) mass is 367 g/mol. The van der Waals surface area contributed by atoms with E-state index in [9.17, 15) is 14.7 Å². The third-order valence-corrected chi connectivity index (χ3v) is 6.33. The number of benzene rings is 1. The standard InChI is InChI=1S/C20H21N3O4/c1-20-13-6-4-3-5-12(13)11-27-15(20)7-8-16-21(2)19(26)17-18(25)14(24)9-10-22(17)23(16)20/h3-6,9-10,15-16,25H,7-8,11H2,1-2H3/t15-,16?,20-/m1/s1. The van der Waals surface area contributed by atoms with E-state index in [0.717, 1.165) is 24.0 Å². The van der Waals surface area contributed by atoms with E-state index in [-0.39, 0.29) is 23.9 Å². The summed E-state index contributed by atoms with van der Waals surface area (Å²) in [5.41, 5.74) is 1.18. The minimum absolute atomic E-state index is 0.00572. The fourth-order valence-electron chi connectivity index (χ4n) is 4.96.